The number of hydrogen-bond donors (Lipinski definition) is 1. The fourth-order valence-electron chi connectivity index (χ4n) is 3.42. The zero-order valence-electron chi connectivity index (χ0n) is 16.8. The van der Waals surface area contributed by atoms with Crippen molar-refractivity contribution in [3.8, 4) is 11.5 Å². The Morgan fingerprint density at radius 2 is 1.86 bits per heavy atom. The van der Waals surface area contributed by atoms with Crippen molar-refractivity contribution in [3.05, 3.63) is 42.4 Å². The molecule has 0 spiro atoms. The lowest BCUT2D eigenvalue weighted by Gasteiger charge is -2.31. The van der Waals surface area contributed by atoms with E-state index in [0.717, 1.165) is 0 Å². The number of hydrogen-bond acceptors (Lipinski definition) is 6. The molecule has 1 aromatic heterocycles. The van der Waals surface area contributed by atoms with Gasteiger partial charge in [-0.1, -0.05) is 0 Å². The fraction of sp³-hybridized carbons (Fsp3) is 0.450. The van der Waals surface area contributed by atoms with E-state index in [2.05, 4.69) is 5.32 Å². The Labute approximate surface area is 170 Å². The third-order valence-electron chi connectivity index (χ3n) is 5.15. The molecule has 0 bridgehead atoms. The Kier molecular flexibility index (Phi) is 6.49. The summed E-state index contributed by atoms with van der Waals surface area (Å²) in [5, 5.41) is 2.93. The van der Waals surface area contributed by atoms with Crippen LogP contribution in [0.1, 0.15) is 31.6 Å². The molecule has 0 unspecified atom stereocenters. The van der Waals surface area contributed by atoms with Crippen molar-refractivity contribution in [2.45, 2.75) is 30.7 Å². The first-order valence-electron chi connectivity index (χ1n) is 9.42. The van der Waals surface area contributed by atoms with Crippen molar-refractivity contribution in [2.24, 2.45) is 5.92 Å². The van der Waals surface area contributed by atoms with E-state index in [1.54, 1.807) is 18.4 Å². The van der Waals surface area contributed by atoms with Crippen LogP contribution >= 0.6 is 0 Å². The molecule has 1 aliphatic heterocycles. The molecule has 3 rings (SSSR count). The van der Waals surface area contributed by atoms with Crippen LogP contribution in [0.4, 0.5) is 0 Å². The van der Waals surface area contributed by atoms with Gasteiger partial charge in [-0.25, -0.2) is 8.42 Å². The van der Waals surface area contributed by atoms with Gasteiger partial charge in [-0.05, 0) is 44.0 Å². The molecule has 8 nitrogen and oxygen atoms in total. The number of carbonyl (C=O) groups is 1. The summed E-state index contributed by atoms with van der Waals surface area (Å²) in [6.45, 7) is 2.42. The predicted molar refractivity (Wildman–Crippen MR) is 106 cm³/mol. The zero-order chi connectivity index (χ0) is 21.0. The maximum absolute atomic E-state index is 13.0. The Morgan fingerprint density at radius 1 is 1.17 bits per heavy atom. The van der Waals surface area contributed by atoms with Gasteiger partial charge in [0.15, 0.2) is 11.5 Å². The number of piperidine rings is 1. The normalized spacial score (nSPS) is 16.9. The van der Waals surface area contributed by atoms with Gasteiger partial charge in [0.25, 0.3) is 0 Å². The number of benzene rings is 1. The van der Waals surface area contributed by atoms with Crippen LogP contribution in [0, 0.1) is 5.92 Å². The second-order valence-corrected chi connectivity index (χ2v) is 8.88. The second-order valence-electron chi connectivity index (χ2n) is 6.94. The lowest BCUT2D eigenvalue weighted by atomic mass is 9.97. The van der Waals surface area contributed by atoms with E-state index in [1.807, 2.05) is 13.0 Å². The summed E-state index contributed by atoms with van der Waals surface area (Å²) in [4.78, 5) is 12.7. The smallest absolute Gasteiger partial charge is 0.243 e. The standard InChI is InChI=1S/C20H26N2O6S/c1-14(17-5-4-12-28-17)21-20(23)15-8-10-22(11-9-15)29(24,25)16-6-7-18(26-2)19(13-16)27-3/h4-7,12-15H,8-11H2,1-3H3,(H,21,23)/t14-/m0/s1. The van der Waals surface area contributed by atoms with Crippen LogP contribution in [-0.4, -0.2) is 45.9 Å². The number of rotatable bonds is 7. The largest absolute Gasteiger partial charge is 0.493 e. The first-order valence-corrected chi connectivity index (χ1v) is 10.9. The average Bonchev–Trinajstić information content (AvgIpc) is 3.28. The highest BCUT2D eigenvalue weighted by Gasteiger charge is 2.33. The Hall–Kier alpha value is -2.52. The molecule has 9 heteroatoms. The topological polar surface area (TPSA) is 98.1 Å². The van der Waals surface area contributed by atoms with Crippen LogP contribution in [0.25, 0.3) is 0 Å². The van der Waals surface area contributed by atoms with Crippen LogP contribution < -0.4 is 14.8 Å². The first-order chi connectivity index (χ1) is 13.9. The summed E-state index contributed by atoms with van der Waals surface area (Å²) in [5.74, 6) is 1.19. The van der Waals surface area contributed by atoms with Gasteiger partial charge in [-0.2, -0.15) is 4.31 Å². The predicted octanol–water partition coefficient (Wildman–Crippen LogP) is 2.57. The quantitative estimate of drug-likeness (QED) is 0.736. The number of furan rings is 1. The van der Waals surface area contributed by atoms with Gasteiger partial charge in [0.05, 0.1) is 31.4 Å². The minimum absolute atomic E-state index is 0.0861. The molecule has 2 aromatic rings. The molecule has 0 radical (unpaired) electrons. The van der Waals surface area contributed by atoms with E-state index in [1.165, 1.54) is 30.7 Å². The molecule has 1 N–H and O–H groups in total. The minimum atomic E-state index is -3.68. The van der Waals surface area contributed by atoms with Crippen LogP contribution in [0.3, 0.4) is 0 Å². The summed E-state index contributed by atoms with van der Waals surface area (Å²) in [7, 11) is -0.721. The minimum Gasteiger partial charge on any atom is -0.493 e. The van der Waals surface area contributed by atoms with Crippen LogP contribution in [0.5, 0.6) is 11.5 Å². The molecular formula is C20H26N2O6S. The third-order valence-corrected chi connectivity index (χ3v) is 7.04. The SMILES string of the molecule is COc1ccc(S(=O)(=O)N2CCC(C(=O)N[C@@H](C)c3ccco3)CC2)cc1OC. The molecule has 1 fully saturated rings. The van der Waals surface area contributed by atoms with Gasteiger partial charge < -0.3 is 19.2 Å². The molecule has 1 amide bonds. The number of methoxy groups -OCH3 is 2. The highest BCUT2D eigenvalue weighted by molar-refractivity contribution is 7.89. The summed E-state index contributed by atoms with van der Waals surface area (Å²) in [5.41, 5.74) is 0. The lowest BCUT2D eigenvalue weighted by Crippen LogP contribution is -2.43. The third kappa shape index (κ3) is 4.56. The lowest BCUT2D eigenvalue weighted by molar-refractivity contribution is -0.126. The Bertz CT molecular complexity index is 934. The molecule has 29 heavy (non-hydrogen) atoms. The highest BCUT2D eigenvalue weighted by Crippen LogP contribution is 2.32. The maximum Gasteiger partial charge on any atom is 0.243 e. The number of nitrogens with one attached hydrogen (secondary N) is 1. The van der Waals surface area contributed by atoms with E-state index in [9.17, 15) is 13.2 Å². The van der Waals surface area contributed by atoms with E-state index in [0.29, 0.717) is 30.1 Å². The number of ether oxygens (including phenoxy) is 2. The van der Waals surface area contributed by atoms with Crippen molar-refractivity contribution in [3.63, 3.8) is 0 Å². The molecule has 2 heterocycles. The second kappa shape index (κ2) is 8.87. The summed E-state index contributed by atoms with van der Waals surface area (Å²) in [6, 6.07) is 7.88. The molecule has 1 atom stereocenters. The van der Waals surface area contributed by atoms with Crippen molar-refractivity contribution in [1.82, 2.24) is 9.62 Å². The van der Waals surface area contributed by atoms with E-state index in [4.69, 9.17) is 13.9 Å². The molecule has 1 aromatic carbocycles. The van der Waals surface area contributed by atoms with Crippen LogP contribution in [-0.2, 0) is 14.8 Å². The molecule has 1 aliphatic rings. The number of nitrogens with zero attached hydrogens (tertiary/aromatic N) is 1. The summed E-state index contributed by atoms with van der Waals surface area (Å²) >= 11 is 0. The Balaban J connectivity index is 1.63. The van der Waals surface area contributed by atoms with Gasteiger partial charge in [-0.3, -0.25) is 4.79 Å². The van der Waals surface area contributed by atoms with Gasteiger partial charge in [0, 0.05) is 25.1 Å². The van der Waals surface area contributed by atoms with Crippen LogP contribution in [0.15, 0.2) is 45.9 Å². The van der Waals surface area contributed by atoms with Crippen molar-refractivity contribution in [2.75, 3.05) is 27.3 Å². The van der Waals surface area contributed by atoms with Crippen molar-refractivity contribution < 1.29 is 27.1 Å². The monoisotopic (exact) mass is 422 g/mol. The van der Waals surface area contributed by atoms with E-state index < -0.39 is 10.0 Å². The molecule has 0 aliphatic carbocycles. The van der Waals surface area contributed by atoms with Gasteiger partial charge in [0.2, 0.25) is 15.9 Å². The van der Waals surface area contributed by atoms with Crippen molar-refractivity contribution in [1.29, 1.82) is 0 Å². The van der Waals surface area contributed by atoms with E-state index in [-0.39, 0.29) is 35.9 Å². The van der Waals surface area contributed by atoms with Crippen LogP contribution in [0.2, 0.25) is 0 Å². The fourth-order valence-corrected chi connectivity index (χ4v) is 4.91. The van der Waals surface area contributed by atoms with Crippen molar-refractivity contribution >= 4 is 15.9 Å². The summed E-state index contributed by atoms with van der Waals surface area (Å²) in [6.07, 6.45) is 2.49. The molecule has 158 valence electrons. The number of sulfonamides is 1. The number of amides is 1. The molecule has 1 saturated heterocycles. The Morgan fingerprint density at radius 3 is 2.45 bits per heavy atom. The average molecular weight is 423 g/mol. The van der Waals surface area contributed by atoms with Gasteiger partial charge in [-0.15, -0.1) is 0 Å². The highest BCUT2D eigenvalue weighted by atomic mass is 32.2. The summed E-state index contributed by atoms with van der Waals surface area (Å²) < 4.78 is 43.1. The zero-order valence-corrected chi connectivity index (χ0v) is 17.6. The van der Waals surface area contributed by atoms with E-state index >= 15 is 0 Å². The molecule has 0 saturated carbocycles. The molecular weight excluding hydrogens is 396 g/mol. The number of carbonyl (C=O) groups excluding carboxylic acids is 1. The first kappa shape index (κ1) is 21.2. The van der Waals surface area contributed by atoms with Gasteiger partial charge in [0.1, 0.15) is 5.76 Å². The van der Waals surface area contributed by atoms with Gasteiger partial charge >= 0.3 is 0 Å². The maximum atomic E-state index is 13.0.